The molecule has 2 rings (SSSR count). The van der Waals surface area contributed by atoms with Crippen LogP contribution in [-0.4, -0.2) is 45.4 Å². The molecule has 0 fully saturated rings. The SMILES string of the molecule is CC(=O)NCCCNC(=O)CCSc1nnc(-c2ccccc2)n1C. The van der Waals surface area contributed by atoms with Crippen molar-refractivity contribution in [3.63, 3.8) is 0 Å². The first kappa shape index (κ1) is 19.0. The van der Waals surface area contributed by atoms with Crippen molar-refractivity contribution >= 4 is 23.6 Å². The molecule has 0 unspecified atom stereocenters. The fraction of sp³-hybridized carbons (Fsp3) is 0.412. The largest absolute Gasteiger partial charge is 0.356 e. The number of nitrogens with zero attached hydrogens (tertiary/aromatic N) is 3. The van der Waals surface area contributed by atoms with Gasteiger partial charge >= 0.3 is 0 Å². The lowest BCUT2D eigenvalue weighted by molar-refractivity contribution is -0.120. The molecule has 0 aliphatic rings. The molecule has 0 aliphatic carbocycles. The minimum Gasteiger partial charge on any atom is -0.356 e. The Hall–Kier alpha value is -2.35. The lowest BCUT2D eigenvalue weighted by Crippen LogP contribution is -2.28. The van der Waals surface area contributed by atoms with Crippen molar-refractivity contribution in [2.45, 2.75) is 24.9 Å². The summed E-state index contributed by atoms with van der Waals surface area (Å²) in [7, 11) is 1.92. The summed E-state index contributed by atoms with van der Waals surface area (Å²) in [6.45, 7) is 2.61. The van der Waals surface area contributed by atoms with Gasteiger partial charge in [-0.15, -0.1) is 10.2 Å². The van der Waals surface area contributed by atoms with Crippen LogP contribution in [0.1, 0.15) is 19.8 Å². The van der Waals surface area contributed by atoms with Crippen molar-refractivity contribution in [1.29, 1.82) is 0 Å². The summed E-state index contributed by atoms with van der Waals surface area (Å²) in [5, 5.41) is 14.7. The van der Waals surface area contributed by atoms with Crippen molar-refractivity contribution < 1.29 is 9.59 Å². The van der Waals surface area contributed by atoms with Gasteiger partial charge in [-0.2, -0.15) is 0 Å². The van der Waals surface area contributed by atoms with Crippen LogP contribution in [0.5, 0.6) is 0 Å². The van der Waals surface area contributed by atoms with Crippen LogP contribution in [0.3, 0.4) is 0 Å². The highest BCUT2D eigenvalue weighted by molar-refractivity contribution is 7.99. The summed E-state index contributed by atoms with van der Waals surface area (Å²) in [5.74, 6) is 1.39. The molecule has 1 aromatic heterocycles. The molecule has 0 saturated heterocycles. The van der Waals surface area contributed by atoms with Crippen LogP contribution in [0.25, 0.3) is 11.4 Å². The second-order valence-corrected chi connectivity index (χ2v) is 6.58. The van der Waals surface area contributed by atoms with Gasteiger partial charge in [0, 0.05) is 44.8 Å². The standard InChI is InChI=1S/C17H23N5O2S/c1-13(23)18-10-6-11-19-15(24)9-12-25-17-21-20-16(22(17)2)14-7-4-3-5-8-14/h3-5,7-8H,6,9-12H2,1-2H3,(H,18,23)(H,19,24). The zero-order chi connectivity index (χ0) is 18.1. The number of nitrogens with one attached hydrogen (secondary N) is 2. The maximum atomic E-state index is 11.8. The summed E-state index contributed by atoms with van der Waals surface area (Å²) in [5.41, 5.74) is 1.02. The van der Waals surface area contributed by atoms with Gasteiger partial charge in [-0.3, -0.25) is 9.59 Å². The second-order valence-electron chi connectivity index (χ2n) is 5.52. The third-order valence-corrected chi connectivity index (χ3v) is 4.50. The number of carbonyl (C=O) groups is 2. The van der Waals surface area contributed by atoms with E-state index in [1.807, 2.05) is 41.9 Å². The van der Waals surface area contributed by atoms with Gasteiger partial charge in [0.25, 0.3) is 0 Å². The number of thioether (sulfide) groups is 1. The Morgan fingerprint density at radius 1 is 1.12 bits per heavy atom. The highest BCUT2D eigenvalue weighted by Gasteiger charge is 2.11. The van der Waals surface area contributed by atoms with E-state index >= 15 is 0 Å². The Labute approximate surface area is 151 Å². The minimum atomic E-state index is -0.0544. The zero-order valence-electron chi connectivity index (χ0n) is 14.5. The average molecular weight is 361 g/mol. The molecule has 1 heterocycles. The van der Waals surface area contributed by atoms with Gasteiger partial charge in [0.2, 0.25) is 11.8 Å². The molecule has 0 spiro atoms. The van der Waals surface area contributed by atoms with Crippen LogP contribution in [0, 0.1) is 0 Å². The third-order valence-electron chi connectivity index (χ3n) is 3.48. The Morgan fingerprint density at radius 2 is 1.84 bits per heavy atom. The van der Waals surface area contributed by atoms with Crippen LogP contribution < -0.4 is 10.6 Å². The Kier molecular flexibility index (Phi) is 7.46. The highest BCUT2D eigenvalue weighted by Crippen LogP contribution is 2.22. The fourth-order valence-electron chi connectivity index (χ4n) is 2.18. The molecule has 0 saturated carbocycles. The van der Waals surface area contributed by atoms with Crippen LogP contribution >= 0.6 is 11.8 Å². The van der Waals surface area contributed by atoms with Crippen LogP contribution in [0.15, 0.2) is 35.5 Å². The van der Waals surface area contributed by atoms with Crippen LogP contribution in [0.2, 0.25) is 0 Å². The Balaban J connectivity index is 1.71. The molecule has 0 bridgehead atoms. The molecule has 1 aromatic carbocycles. The van der Waals surface area contributed by atoms with E-state index in [4.69, 9.17) is 0 Å². The van der Waals surface area contributed by atoms with Crippen molar-refractivity contribution in [3.8, 4) is 11.4 Å². The lowest BCUT2D eigenvalue weighted by atomic mass is 10.2. The first-order valence-electron chi connectivity index (χ1n) is 8.16. The van der Waals surface area contributed by atoms with E-state index in [1.165, 1.54) is 18.7 Å². The first-order chi connectivity index (χ1) is 12.1. The van der Waals surface area contributed by atoms with Crippen molar-refractivity contribution in [3.05, 3.63) is 30.3 Å². The molecule has 2 amide bonds. The van der Waals surface area contributed by atoms with E-state index in [9.17, 15) is 9.59 Å². The number of aromatic nitrogens is 3. The molecule has 8 heteroatoms. The molecule has 0 atom stereocenters. The van der Waals surface area contributed by atoms with Gasteiger partial charge in [-0.25, -0.2) is 0 Å². The normalized spacial score (nSPS) is 10.5. The third kappa shape index (κ3) is 6.22. The zero-order valence-corrected chi connectivity index (χ0v) is 15.3. The van der Waals surface area contributed by atoms with Crippen molar-refractivity contribution in [1.82, 2.24) is 25.4 Å². The van der Waals surface area contributed by atoms with Gasteiger partial charge < -0.3 is 15.2 Å². The quantitative estimate of drug-likeness (QED) is 0.523. The summed E-state index contributed by atoms with van der Waals surface area (Å²) >= 11 is 1.51. The maximum Gasteiger partial charge on any atom is 0.220 e. The molecule has 25 heavy (non-hydrogen) atoms. The Bertz CT molecular complexity index is 702. The average Bonchev–Trinajstić information content (AvgIpc) is 2.96. The minimum absolute atomic E-state index is 0.000719. The lowest BCUT2D eigenvalue weighted by Gasteiger charge is -2.06. The van der Waals surface area contributed by atoms with E-state index in [0.717, 1.165) is 23.0 Å². The second kappa shape index (κ2) is 9.83. The van der Waals surface area contributed by atoms with Crippen molar-refractivity contribution in [2.75, 3.05) is 18.8 Å². The number of carbonyl (C=O) groups excluding carboxylic acids is 2. The Morgan fingerprint density at radius 3 is 2.56 bits per heavy atom. The van der Waals surface area contributed by atoms with Gasteiger partial charge in [-0.05, 0) is 6.42 Å². The van der Waals surface area contributed by atoms with Gasteiger partial charge in [-0.1, -0.05) is 42.1 Å². The van der Waals surface area contributed by atoms with E-state index in [2.05, 4.69) is 20.8 Å². The summed E-state index contributed by atoms with van der Waals surface area (Å²) in [6, 6.07) is 9.88. The van der Waals surface area contributed by atoms with E-state index < -0.39 is 0 Å². The number of amides is 2. The number of hydrogen-bond acceptors (Lipinski definition) is 5. The summed E-state index contributed by atoms with van der Waals surface area (Å²) < 4.78 is 1.94. The number of benzene rings is 1. The van der Waals surface area contributed by atoms with Gasteiger partial charge in [0.05, 0.1) is 0 Å². The molecular weight excluding hydrogens is 338 g/mol. The van der Waals surface area contributed by atoms with E-state index in [0.29, 0.717) is 25.3 Å². The van der Waals surface area contributed by atoms with Gasteiger partial charge in [0.1, 0.15) is 0 Å². The van der Waals surface area contributed by atoms with Crippen LogP contribution in [-0.2, 0) is 16.6 Å². The number of hydrogen-bond donors (Lipinski definition) is 2. The van der Waals surface area contributed by atoms with Gasteiger partial charge in [0.15, 0.2) is 11.0 Å². The molecule has 134 valence electrons. The molecule has 2 N–H and O–H groups in total. The molecular formula is C17H23N5O2S. The number of rotatable bonds is 9. The van der Waals surface area contributed by atoms with Crippen LogP contribution in [0.4, 0.5) is 0 Å². The summed E-state index contributed by atoms with van der Waals surface area (Å²) in [6.07, 6.45) is 1.14. The monoisotopic (exact) mass is 361 g/mol. The highest BCUT2D eigenvalue weighted by atomic mass is 32.2. The molecule has 2 aromatic rings. The first-order valence-corrected chi connectivity index (χ1v) is 9.15. The van der Waals surface area contributed by atoms with E-state index in [1.54, 1.807) is 0 Å². The smallest absolute Gasteiger partial charge is 0.220 e. The summed E-state index contributed by atoms with van der Waals surface area (Å²) in [4.78, 5) is 22.5. The predicted octanol–water partition coefficient (Wildman–Crippen LogP) is 1.61. The molecule has 0 aliphatic heterocycles. The maximum absolute atomic E-state index is 11.8. The molecule has 0 radical (unpaired) electrons. The fourth-order valence-corrected chi connectivity index (χ4v) is 3.03. The topological polar surface area (TPSA) is 88.9 Å². The molecule has 7 nitrogen and oxygen atoms in total. The predicted molar refractivity (Wildman–Crippen MR) is 98.1 cm³/mol. The van der Waals surface area contributed by atoms with E-state index in [-0.39, 0.29) is 11.8 Å². The van der Waals surface area contributed by atoms with Crippen molar-refractivity contribution in [2.24, 2.45) is 7.05 Å².